The maximum absolute atomic E-state index is 13.5. The molecule has 1 fully saturated rings. The maximum atomic E-state index is 13.5. The van der Waals surface area contributed by atoms with Gasteiger partial charge in [-0.05, 0) is 30.7 Å². The summed E-state index contributed by atoms with van der Waals surface area (Å²) in [7, 11) is 0. The summed E-state index contributed by atoms with van der Waals surface area (Å²) in [6.45, 7) is 5.46. The average Bonchev–Trinajstić information content (AvgIpc) is 2.82. The molecule has 1 aromatic heterocycles. The maximum Gasteiger partial charge on any atom is 0.246 e. The van der Waals surface area contributed by atoms with E-state index in [9.17, 15) is 4.79 Å². The van der Waals surface area contributed by atoms with Crippen LogP contribution >= 0.6 is 0 Å². The van der Waals surface area contributed by atoms with E-state index in [0.717, 1.165) is 37.7 Å². The van der Waals surface area contributed by atoms with Crippen molar-refractivity contribution in [2.24, 2.45) is 0 Å². The van der Waals surface area contributed by atoms with Crippen molar-refractivity contribution in [3.05, 3.63) is 78.6 Å². The zero-order chi connectivity index (χ0) is 21.5. The van der Waals surface area contributed by atoms with E-state index in [1.807, 2.05) is 67.6 Å². The van der Waals surface area contributed by atoms with E-state index < -0.39 is 6.04 Å². The van der Waals surface area contributed by atoms with Gasteiger partial charge in [-0.2, -0.15) is 0 Å². The molecule has 1 unspecified atom stereocenters. The molecule has 4 rings (SSSR count). The number of rotatable bonds is 7. The quantitative estimate of drug-likeness (QED) is 0.636. The normalized spacial score (nSPS) is 15.3. The van der Waals surface area contributed by atoms with Crippen LogP contribution in [0.2, 0.25) is 0 Å². The van der Waals surface area contributed by atoms with Gasteiger partial charge in [-0.25, -0.2) is 9.97 Å². The number of piperazine rings is 1. The summed E-state index contributed by atoms with van der Waals surface area (Å²) in [5.41, 5.74) is 1.66. The number of nitrogens with one attached hydrogen (secondary N) is 1. The highest BCUT2D eigenvalue weighted by molar-refractivity contribution is 5.96. The SMILES string of the molecule is CCOc1ccccc1NC(=O)C(c1ccccc1)N1CCN(c2ncccn2)CC1. The highest BCUT2D eigenvalue weighted by Gasteiger charge is 2.31. The highest BCUT2D eigenvalue weighted by Crippen LogP contribution is 2.28. The Bertz CT molecular complexity index is 976. The van der Waals surface area contributed by atoms with Crippen LogP contribution < -0.4 is 15.0 Å². The average molecular weight is 418 g/mol. The van der Waals surface area contributed by atoms with Crippen molar-refractivity contribution in [1.82, 2.24) is 14.9 Å². The second-order valence-corrected chi connectivity index (χ2v) is 7.30. The molecule has 1 aliphatic rings. The second kappa shape index (κ2) is 10.0. The lowest BCUT2D eigenvalue weighted by Gasteiger charge is -2.38. The summed E-state index contributed by atoms with van der Waals surface area (Å²) in [5.74, 6) is 1.34. The number of benzene rings is 2. The summed E-state index contributed by atoms with van der Waals surface area (Å²) >= 11 is 0. The smallest absolute Gasteiger partial charge is 0.246 e. The number of hydrogen-bond donors (Lipinski definition) is 1. The van der Waals surface area contributed by atoms with Crippen molar-refractivity contribution in [1.29, 1.82) is 0 Å². The number of carbonyl (C=O) groups is 1. The molecule has 1 atom stereocenters. The fraction of sp³-hybridized carbons (Fsp3) is 0.292. The number of nitrogens with zero attached hydrogens (tertiary/aromatic N) is 4. The van der Waals surface area contributed by atoms with Gasteiger partial charge in [0.15, 0.2) is 0 Å². The number of ether oxygens (including phenoxy) is 1. The van der Waals surface area contributed by atoms with Gasteiger partial charge in [0, 0.05) is 38.6 Å². The molecule has 1 aliphatic heterocycles. The topological polar surface area (TPSA) is 70.6 Å². The van der Waals surface area contributed by atoms with Crippen LogP contribution in [0.4, 0.5) is 11.6 Å². The van der Waals surface area contributed by atoms with Crippen molar-refractivity contribution >= 4 is 17.5 Å². The van der Waals surface area contributed by atoms with Crippen LogP contribution in [0.1, 0.15) is 18.5 Å². The number of hydrogen-bond acceptors (Lipinski definition) is 6. The Morgan fingerprint density at radius 3 is 2.35 bits per heavy atom. The van der Waals surface area contributed by atoms with Gasteiger partial charge in [-0.3, -0.25) is 9.69 Å². The molecule has 1 N–H and O–H groups in total. The van der Waals surface area contributed by atoms with Gasteiger partial charge in [0.1, 0.15) is 11.8 Å². The first kappa shape index (κ1) is 20.8. The van der Waals surface area contributed by atoms with Gasteiger partial charge in [-0.1, -0.05) is 42.5 Å². The third-order valence-corrected chi connectivity index (χ3v) is 5.32. The standard InChI is InChI=1S/C24H27N5O2/c1-2-31-21-12-7-6-11-20(21)27-23(30)22(19-9-4-3-5-10-19)28-15-17-29(18-16-28)24-25-13-8-14-26-24/h3-14,22H,2,15-18H2,1H3,(H,27,30). The second-order valence-electron chi connectivity index (χ2n) is 7.30. The van der Waals surface area contributed by atoms with E-state index in [1.165, 1.54) is 0 Å². The van der Waals surface area contributed by atoms with Crippen LogP contribution in [0.15, 0.2) is 73.1 Å². The number of amides is 1. The Morgan fingerprint density at radius 2 is 1.65 bits per heavy atom. The van der Waals surface area contributed by atoms with E-state index in [1.54, 1.807) is 12.4 Å². The van der Waals surface area contributed by atoms with E-state index >= 15 is 0 Å². The van der Waals surface area contributed by atoms with Gasteiger partial charge in [-0.15, -0.1) is 0 Å². The van der Waals surface area contributed by atoms with E-state index in [2.05, 4.69) is 25.1 Å². The lowest BCUT2D eigenvalue weighted by atomic mass is 10.0. The van der Waals surface area contributed by atoms with Gasteiger partial charge < -0.3 is 15.0 Å². The Morgan fingerprint density at radius 1 is 0.968 bits per heavy atom. The molecule has 0 bridgehead atoms. The number of para-hydroxylation sites is 2. The predicted octanol–water partition coefficient (Wildman–Crippen LogP) is 3.38. The zero-order valence-electron chi connectivity index (χ0n) is 17.6. The molecule has 0 aliphatic carbocycles. The fourth-order valence-electron chi connectivity index (χ4n) is 3.85. The van der Waals surface area contributed by atoms with E-state index in [-0.39, 0.29) is 5.91 Å². The third kappa shape index (κ3) is 5.00. The molecule has 2 aromatic carbocycles. The molecule has 7 heteroatoms. The number of anilines is 2. The van der Waals surface area contributed by atoms with Crippen molar-refractivity contribution in [2.75, 3.05) is 43.0 Å². The Labute approximate surface area is 182 Å². The molecular formula is C24H27N5O2. The lowest BCUT2D eigenvalue weighted by Crippen LogP contribution is -2.50. The Kier molecular flexibility index (Phi) is 6.74. The van der Waals surface area contributed by atoms with Crippen molar-refractivity contribution < 1.29 is 9.53 Å². The largest absolute Gasteiger partial charge is 0.492 e. The molecule has 31 heavy (non-hydrogen) atoms. The van der Waals surface area contributed by atoms with Crippen molar-refractivity contribution in [3.63, 3.8) is 0 Å². The van der Waals surface area contributed by atoms with Crippen LogP contribution in [0.25, 0.3) is 0 Å². The van der Waals surface area contributed by atoms with Crippen molar-refractivity contribution in [3.8, 4) is 5.75 Å². The van der Waals surface area contributed by atoms with Gasteiger partial charge >= 0.3 is 0 Å². The molecule has 7 nitrogen and oxygen atoms in total. The first-order chi connectivity index (χ1) is 15.3. The first-order valence-electron chi connectivity index (χ1n) is 10.6. The van der Waals surface area contributed by atoms with Gasteiger partial charge in [0.05, 0.1) is 12.3 Å². The molecule has 2 heterocycles. The number of aromatic nitrogens is 2. The molecule has 0 saturated carbocycles. The Hall–Kier alpha value is -3.45. The summed E-state index contributed by atoms with van der Waals surface area (Å²) in [6, 6.07) is 18.9. The minimum absolute atomic E-state index is 0.0669. The fourth-order valence-corrected chi connectivity index (χ4v) is 3.85. The third-order valence-electron chi connectivity index (χ3n) is 5.32. The predicted molar refractivity (Wildman–Crippen MR) is 121 cm³/mol. The molecule has 1 saturated heterocycles. The Balaban J connectivity index is 1.53. The first-order valence-corrected chi connectivity index (χ1v) is 10.6. The summed E-state index contributed by atoms with van der Waals surface area (Å²) in [6.07, 6.45) is 3.51. The van der Waals surface area contributed by atoms with Gasteiger partial charge in [0.25, 0.3) is 0 Å². The van der Waals surface area contributed by atoms with E-state index in [4.69, 9.17) is 4.74 Å². The van der Waals surface area contributed by atoms with Crippen LogP contribution in [-0.4, -0.2) is 53.6 Å². The molecule has 160 valence electrons. The highest BCUT2D eigenvalue weighted by atomic mass is 16.5. The summed E-state index contributed by atoms with van der Waals surface area (Å²) in [4.78, 5) is 26.5. The number of carbonyl (C=O) groups excluding carboxylic acids is 1. The molecule has 0 radical (unpaired) electrons. The van der Waals surface area contributed by atoms with Crippen LogP contribution in [0.3, 0.4) is 0 Å². The lowest BCUT2D eigenvalue weighted by molar-refractivity contribution is -0.121. The summed E-state index contributed by atoms with van der Waals surface area (Å²) in [5, 5.41) is 3.09. The molecule has 0 spiro atoms. The van der Waals surface area contributed by atoms with Crippen LogP contribution in [-0.2, 0) is 4.79 Å². The molecular weight excluding hydrogens is 390 g/mol. The van der Waals surface area contributed by atoms with Crippen LogP contribution in [0, 0.1) is 0 Å². The zero-order valence-corrected chi connectivity index (χ0v) is 17.6. The molecule has 3 aromatic rings. The summed E-state index contributed by atoms with van der Waals surface area (Å²) < 4.78 is 5.68. The minimum atomic E-state index is -0.394. The van der Waals surface area contributed by atoms with Gasteiger partial charge in [0.2, 0.25) is 11.9 Å². The minimum Gasteiger partial charge on any atom is -0.492 e. The van der Waals surface area contributed by atoms with Crippen molar-refractivity contribution in [2.45, 2.75) is 13.0 Å². The molecule has 1 amide bonds. The van der Waals surface area contributed by atoms with Crippen LogP contribution in [0.5, 0.6) is 5.75 Å². The van der Waals surface area contributed by atoms with E-state index in [0.29, 0.717) is 18.0 Å². The monoisotopic (exact) mass is 417 g/mol.